The predicted molar refractivity (Wildman–Crippen MR) is 258 cm³/mol. The smallest absolute Gasteiger partial charge is 0.238 e. The summed E-state index contributed by atoms with van der Waals surface area (Å²) >= 11 is 0. The maximum absolute atomic E-state index is 6.37. The molecule has 9 aromatic carbocycles. The van der Waals surface area contributed by atoms with Crippen LogP contribution in [0.1, 0.15) is 0 Å². The molecular formula is C57H35N5O. The van der Waals surface area contributed by atoms with Crippen LogP contribution in [0.2, 0.25) is 0 Å². The van der Waals surface area contributed by atoms with Gasteiger partial charge in [0.1, 0.15) is 11.2 Å². The molecule has 0 bridgehead atoms. The fourth-order valence-electron chi connectivity index (χ4n) is 9.52. The molecule has 0 amide bonds. The quantitative estimate of drug-likeness (QED) is 0.168. The Morgan fingerprint density at radius 2 is 0.810 bits per heavy atom. The third-order valence-corrected chi connectivity index (χ3v) is 12.4. The molecule has 0 radical (unpaired) electrons. The second kappa shape index (κ2) is 14.0. The first-order chi connectivity index (χ1) is 31.2. The molecule has 63 heavy (non-hydrogen) atoms. The number of fused-ring (bicyclic) bond motifs is 10. The van der Waals surface area contributed by atoms with Crippen molar-refractivity contribution < 1.29 is 4.42 Å². The fourth-order valence-corrected chi connectivity index (χ4v) is 9.52. The van der Waals surface area contributed by atoms with Gasteiger partial charge in [-0.25, -0.2) is 4.98 Å². The Bertz CT molecular complexity index is 3900. The molecule has 0 aliphatic rings. The standard InChI is InChI=1S/C57H35N5O/c1-3-15-36(16-4-1)37-27-29-38(30-28-37)41-19-7-11-23-48(41)61-49-24-12-8-20-42(49)46-33-34-47-43-21-9-13-25-50(43)62(54(47)53(46)61)57-59-55(39-17-5-2-6-18-39)58-56(60-57)40-31-32-45-44-22-10-14-26-51(44)63-52(45)35-40/h1-35H. The van der Waals surface area contributed by atoms with Gasteiger partial charge in [0.05, 0.1) is 27.8 Å². The molecule has 0 aliphatic heterocycles. The van der Waals surface area contributed by atoms with Gasteiger partial charge >= 0.3 is 0 Å². The summed E-state index contributed by atoms with van der Waals surface area (Å²) in [5, 5.41) is 6.67. The number of aromatic nitrogens is 5. The summed E-state index contributed by atoms with van der Waals surface area (Å²) in [6, 6.07) is 74.6. The van der Waals surface area contributed by atoms with Gasteiger partial charge < -0.3 is 8.98 Å². The van der Waals surface area contributed by atoms with Crippen LogP contribution in [0.15, 0.2) is 217 Å². The van der Waals surface area contributed by atoms with Gasteiger partial charge in [-0.3, -0.25) is 4.57 Å². The minimum absolute atomic E-state index is 0.531. The minimum Gasteiger partial charge on any atom is -0.456 e. The van der Waals surface area contributed by atoms with E-state index in [-0.39, 0.29) is 0 Å². The van der Waals surface area contributed by atoms with E-state index in [2.05, 4.69) is 185 Å². The third kappa shape index (κ3) is 5.55. The number of rotatable bonds is 6. The molecule has 0 N–H and O–H groups in total. The van der Waals surface area contributed by atoms with Crippen molar-refractivity contribution in [2.75, 3.05) is 0 Å². The Morgan fingerprint density at radius 1 is 0.317 bits per heavy atom. The minimum atomic E-state index is 0.531. The lowest BCUT2D eigenvalue weighted by Gasteiger charge is -2.16. The Hall–Kier alpha value is -8.61. The van der Waals surface area contributed by atoms with Crippen LogP contribution in [0.5, 0.6) is 0 Å². The van der Waals surface area contributed by atoms with Crippen molar-refractivity contribution in [2.24, 2.45) is 0 Å². The van der Waals surface area contributed by atoms with Crippen molar-refractivity contribution in [1.82, 2.24) is 24.1 Å². The van der Waals surface area contributed by atoms with E-state index in [9.17, 15) is 0 Å². The van der Waals surface area contributed by atoms with Gasteiger partial charge in [-0.1, -0.05) is 176 Å². The Morgan fingerprint density at radius 3 is 1.54 bits per heavy atom. The number of benzene rings is 9. The van der Waals surface area contributed by atoms with Gasteiger partial charge in [0.2, 0.25) is 5.95 Å². The van der Waals surface area contributed by atoms with Crippen molar-refractivity contribution in [2.45, 2.75) is 0 Å². The zero-order valence-electron chi connectivity index (χ0n) is 33.9. The van der Waals surface area contributed by atoms with E-state index in [1.54, 1.807) is 0 Å². The highest BCUT2D eigenvalue weighted by Crippen LogP contribution is 2.43. The molecule has 0 aliphatic carbocycles. The highest BCUT2D eigenvalue weighted by molar-refractivity contribution is 6.24. The zero-order valence-corrected chi connectivity index (χ0v) is 33.9. The van der Waals surface area contributed by atoms with Gasteiger partial charge in [0.15, 0.2) is 11.6 Å². The first-order valence-electron chi connectivity index (χ1n) is 21.2. The molecule has 6 nitrogen and oxygen atoms in total. The zero-order chi connectivity index (χ0) is 41.4. The summed E-state index contributed by atoms with van der Waals surface area (Å²) in [6.07, 6.45) is 0. The number of hydrogen-bond acceptors (Lipinski definition) is 4. The Kier molecular flexibility index (Phi) is 7.80. The maximum Gasteiger partial charge on any atom is 0.238 e. The van der Waals surface area contributed by atoms with E-state index in [1.165, 1.54) is 16.5 Å². The summed E-state index contributed by atoms with van der Waals surface area (Å²) in [5.41, 5.74) is 13.3. The van der Waals surface area contributed by atoms with Crippen molar-refractivity contribution in [1.29, 1.82) is 0 Å². The maximum atomic E-state index is 6.37. The molecule has 6 heteroatoms. The van der Waals surface area contributed by atoms with Crippen LogP contribution in [0.3, 0.4) is 0 Å². The van der Waals surface area contributed by atoms with Crippen molar-refractivity contribution in [3.63, 3.8) is 0 Å². The lowest BCUT2D eigenvalue weighted by Crippen LogP contribution is -2.07. The Balaban J connectivity index is 1.10. The van der Waals surface area contributed by atoms with E-state index in [1.807, 2.05) is 36.4 Å². The number of furan rings is 1. The monoisotopic (exact) mass is 805 g/mol. The number of para-hydroxylation sites is 4. The molecule has 0 atom stereocenters. The van der Waals surface area contributed by atoms with Gasteiger partial charge in [0.25, 0.3) is 0 Å². The number of hydrogen-bond donors (Lipinski definition) is 0. The molecule has 0 fully saturated rings. The summed E-state index contributed by atoms with van der Waals surface area (Å²) in [4.78, 5) is 15.9. The van der Waals surface area contributed by atoms with E-state index in [0.717, 1.165) is 88.1 Å². The van der Waals surface area contributed by atoms with E-state index in [0.29, 0.717) is 17.6 Å². The molecule has 13 aromatic rings. The van der Waals surface area contributed by atoms with Crippen molar-refractivity contribution in [3.05, 3.63) is 212 Å². The molecule has 4 heterocycles. The van der Waals surface area contributed by atoms with Crippen LogP contribution in [0.4, 0.5) is 0 Å². The second-order valence-electron chi connectivity index (χ2n) is 16.0. The second-order valence-corrected chi connectivity index (χ2v) is 16.0. The third-order valence-electron chi connectivity index (χ3n) is 12.4. The molecule has 0 unspecified atom stereocenters. The summed E-state index contributed by atoms with van der Waals surface area (Å²) in [6.45, 7) is 0. The average molecular weight is 806 g/mol. The van der Waals surface area contributed by atoms with Crippen molar-refractivity contribution >= 4 is 65.6 Å². The SMILES string of the molecule is c1ccc(-c2ccc(-c3ccccc3-n3c4ccccc4c4ccc5c6ccccc6n(-c6nc(-c7ccccc7)nc(-c7ccc8c(c7)oc7ccccc78)n6)c5c43)cc2)cc1. The lowest BCUT2D eigenvalue weighted by molar-refractivity contribution is 0.669. The van der Waals surface area contributed by atoms with Crippen LogP contribution >= 0.6 is 0 Å². The van der Waals surface area contributed by atoms with Crippen molar-refractivity contribution in [3.8, 4) is 56.7 Å². The van der Waals surface area contributed by atoms with Gasteiger partial charge in [-0.15, -0.1) is 0 Å². The van der Waals surface area contributed by atoms with Gasteiger partial charge in [-0.05, 0) is 53.1 Å². The molecule has 0 saturated carbocycles. The largest absolute Gasteiger partial charge is 0.456 e. The van der Waals surface area contributed by atoms with E-state index >= 15 is 0 Å². The first kappa shape index (κ1) is 35.2. The molecule has 294 valence electrons. The van der Waals surface area contributed by atoms with E-state index < -0.39 is 0 Å². The highest BCUT2D eigenvalue weighted by Gasteiger charge is 2.24. The van der Waals surface area contributed by atoms with Crippen LogP contribution in [-0.2, 0) is 0 Å². The highest BCUT2D eigenvalue weighted by atomic mass is 16.3. The van der Waals surface area contributed by atoms with Gasteiger partial charge in [0, 0.05) is 49.0 Å². The van der Waals surface area contributed by atoms with Crippen LogP contribution in [0, 0.1) is 0 Å². The molecule has 4 aromatic heterocycles. The van der Waals surface area contributed by atoms with E-state index in [4.69, 9.17) is 19.4 Å². The summed E-state index contributed by atoms with van der Waals surface area (Å²) in [5.74, 6) is 1.68. The number of nitrogens with zero attached hydrogens (tertiary/aromatic N) is 5. The first-order valence-corrected chi connectivity index (χ1v) is 21.2. The lowest BCUT2D eigenvalue weighted by atomic mass is 9.99. The molecule has 0 saturated heterocycles. The normalized spacial score (nSPS) is 11.8. The fraction of sp³-hybridized carbons (Fsp3) is 0. The summed E-state index contributed by atoms with van der Waals surface area (Å²) < 4.78 is 11.1. The molecular weight excluding hydrogens is 771 g/mol. The Labute approximate surface area is 361 Å². The topological polar surface area (TPSA) is 61.7 Å². The predicted octanol–water partition coefficient (Wildman–Crippen LogP) is 14.6. The van der Waals surface area contributed by atoms with Crippen LogP contribution in [-0.4, -0.2) is 24.1 Å². The molecule has 0 spiro atoms. The van der Waals surface area contributed by atoms with Gasteiger partial charge in [-0.2, -0.15) is 9.97 Å². The molecule has 13 rings (SSSR count). The average Bonchev–Trinajstić information content (AvgIpc) is 4.02. The van der Waals surface area contributed by atoms with Crippen LogP contribution < -0.4 is 0 Å². The van der Waals surface area contributed by atoms with Crippen LogP contribution in [0.25, 0.3) is 122 Å². The summed E-state index contributed by atoms with van der Waals surface area (Å²) in [7, 11) is 0.